The van der Waals surface area contributed by atoms with Crippen LogP contribution in [0.5, 0.6) is 5.75 Å². The van der Waals surface area contributed by atoms with Crippen molar-refractivity contribution in [1.29, 1.82) is 0 Å². The molecule has 0 N–H and O–H groups in total. The van der Waals surface area contributed by atoms with E-state index in [0.29, 0.717) is 17.7 Å². The molecule has 1 rings (SSSR count). The van der Waals surface area contributed by atoms with E-state index in [1.54, 1.807) is 38.3 Å². The Bertz CT molecular complexity index is 422. The molecule has 0 amide bonds. The summed E-state index contributed by atoms with van der Waals surface area (Å²) in [5.41, 5.74) is 0.507. The molecule has 4 heteroatoms. The second kappa shape index (κ2) is 7.56. The molecule has 0 aliphatic carbocycles. The van der Waals surface area contributed by atoms with E-state index in [-0.39, 0.29) is 12.4 Å². The predicted molar refractivity (Wildman–Crippen MR) is 72.4 cm³/mol. The molecule has 0 aliphatic heterocycles. The fourth-order valence-corrected chi connectivity index (χ4v) is 1.84. The van der Waals surface area contributed by atoms with Crippen LogP contribution in [-0.4, -0.2) is 25.5 Å². The fraction of sp³-hybridized carbons (Fsp3) is 0.467. The van der Waals surface area contributed by atoms with Gasteiger partial charge in [-0.05, 0) is 37.6 Å². The van der Waals surface area contributed by atoms with Crippen molar-refractivity contribution in [3.63, 3.8) is 0 Å². The number of ether oxygens (including phenoxy) is 2. The number of methoxy groups -OCH3 is 1. The normalized spacial score (nSPS) is 11.7. The predicted octanol–water partition coefficient (Wildman–Crippen LogP) is 2.86. The Morgan fingerprint density at radius 3 is 2.26 bits per heavy atom. The van der Waals surface area contributed by atoms with Crippen molar-refractivity contribution in [2.24, 2.45) is 5.92 Å². The monoisotopic (exact) mass is 264 g/mol. The summed E-state index contributed by atoms with van der Waals surface area (Å²) in [5.74, 6) is -0.661. The lowest BCUT2D eigenvalue weighted by molar-refractivity contribution is -0.146. The first-order valence-corrected chi connectivity index (χ1v) is 6.48. The summed E-state index contributed by atoms with van der Waals surface area (Å²) >= 11 is 0. The van der Waals surface area contributed by atoms with E-state index in [2.05, 4.69) is 0 Å². The highest BCUT2D eigenvalue weighted by atomic mass is 16.5. The molecule has 1 aromatic carbocycles. The van der Waals surface area contributed by atoms with Gasteiger partial charge in [0.1, 0.15) is 11.7 Å². The zero-order valence-electron chi connectivity index (χ0n) is 11.6. The average Bonchev–Trinajstić information content (AvgIpc) is 2.44. The van der Waals surface area contributed by atoms with E-state index in [0.717, 1.165) is 6.42 Å². The number of hydrogen-bond acceptors (Lipinski definition) is 4. The lowest BCUT2D eigenvalue weighted by Crippen LogP contribution is -2.26. The molecular formula is C15H20O4. The molecule has 0 aromatic heterocycles. The van der Waals surface area contributed by atoms with E-state index in [1.807, 2.05) is 6.92 Å². The summed E-state index contributed by atoms with van der Waals surface area (Å²) in [7, 11) is 1.56. The van der Waals surface area contributed by atoms with Gasteiger partial charge in [-0.15, -0.1) is 0 Å². The number of Topliss-reactive ketones (excluding diaryl/α,β-unsaturated/α-hetero) is 1. The maximum atomic E-state index is 12.3. The lowest BCUT2D eigenvalue weighted by atomic mass is 9.93. The zero-order valence-corrected chi connectivity index (χ0v) is 11.6. The van der Waals surface area contributed by atoms with Crippen LogP contribution in [0.15, 0.2) is 24.3 Å². The number of rotatable bonds is 7. The van der Waals surface area contributed by atoms with Gasteiger partial charge < -0.3 is 9.47 Å². The van der Waals surface area contributed by atoms with Gasteiger partial charge in [-0.3, -0.25) is 9.59 Å². The Morgan fingerprint density at radius 1 is 1.16 bits per heavy atom. The Labute approximate surface area is 113 Å². The summed E-state index contributed by atoms with van der Waals surface area (Å²) in [6.45, 7) is 3.96. The van der Waals surface area contributed by atoms with Gasteiger partial charge in [-0.2, -0.15) is 0 Å². The van der Waals surface area contributed by atoms with Crippen LogP contribution in [-0.2, 0) is 9.53 Å². The molecule has 19 heavy (non-hydrogen) atoms. The highest BCUT2D eigenvalue weighted by Crippen LogP contribution is 2.19. The second-order valence-corrected chi connectivity index (χ2v) is 4.19. The SMILES string of the molecule is CCCC(C(=O)OCC)C(=O)c1ccc(OC)cc1. The van der Waals surface area contributed by atoms with Gasteiger partial charge in [0.15, 0.2) is 5.78 Å². The Balaban J connectivity index is 2.88. The first-order chi connectivity index (χ1) is 9.13. The Hall–Kier alpha value is -1.84. The van der Waals surface area contributed by atoms with Crippen molar-refractivity contribution in [3.8, 4) is 5.75 Å². The lowest BCUT2D eigenvalue weighted by Gasteiger charge is -2.13. The van der Waals surface area contributed by atoms with Crippen LogP contribution in [0.4, 0.5) is 0 Å². The highest BCUT2D eigenvalue weighted by molar-refractivity contribution is 6.08. The largest absolute Gasteiger partial charge is 0.497 e. The van der Waals surface area contributed by atoms with Gasteiger partial charge in [-0.25, -0.2) is 0 Å². The average molecular weight is 264 g/mol. The van der Waals surface area contributed by atoms with E-state index in [4.69, 9.17) is 9.47 Å². The van der Waals surface area contributed by atoms with Crippen molar-refractivity contribution in [1.82, 2.24) is 0 Å². The molecule has 0 bridgehead atoms. The molecule has 0 fully saturated rings. The zero-order chi connectivity index (χ0) is 14.3. The van der Waals surface area contributed by atoms with Crippen molar-refractivity contribution >= 4 is 11.8 Å². The van der Waals surface area contributed by atoms with Crippen LogP contribution in [0.3, 0.4) is 0 Å². The minimum absolute atomic E-state index is 0.192. The number of carbonyl (C=O) groups is 2. The Kier molecular flexibility index (Phi) is 6.06. The number of hydrogen-bond donors (Lipinski definition) is 0. The van der Waals surface area contributed by atoms with E-state index in [9.17, 15) is 9.59 Å². The van der Waals surface area contributed by atoms with Crippen molar-refractivity contribution in [3.05, 3.63) is 29.8 Å². The van der Waals surface area contributed by atoms with Gasteiger partial charge >= 0.3 is 5.97 Å². The first-order valence-electron chi connectivity index (χ1n) is 6.48. The number of ketones is 1. The quantitative estimate of drug-likeness (QED) is 0.431. The summed E-state index contributed by atoms with van der Waals surface area (Å²) in [6.07, 6.45) is 1.26. The molecule has 1 unspecified atom stereocenters. The Morgan fingerprint density at radius 2 is 1.79 bits per heavy atom. The summed E-state index contributed by atoms with van der Waals surface area (Å²) in [5, 5.41) is 0. The fourth-order valence-electron chi connectivity index (χ4n) is 1.84. The van der Waals surface area contributed by atoms with Crippen LogP contribution < -0.4 is 4.74 Å². The van der Waals surface area contributed by atoms with Gasteiger partial charge in [0.2, 0.25) is 0 Å². The highest BCUT2D eigenvalue weighted by Gasteiger charge is 2.27. The third kappa shape index (κ3) is 4.09. The van der Waals surface area contributed by atoms with E-state index < -0.39 is 11.9 Å². The van der Waals surface area contributed by atoms with Gasteiger partial charge in [0.25, 0.3) is 0 Å². The summed E-state index contributed by atoms with van der Waals surface area (Å²) in [6, 6.07) is 6.76. The van der Waals surface area contributed by atoms with E-state index >= 15 is 0 Å². The molecule has 0 saturated heterocycles. The van der Waals surface area contributed by atoms with Crippen LogP contribution in [0, 0.1) is 5.92 Å². The molecule has 4 nitrogen and oxygen atoms in total. The van der Waals surface area contributed by atoms with Crippen LogP contribution in [0.2, 0.25) is 0 Å². The standard InChI is InChI=1S/C15H20O4/c1-4-6-13(15(17)19-5-2)14(16)11-7-9-12(18-3)10-8-11/h7-10,13H,4-6H2,1-3H3. The van der Waals surface area contributed by atoms with Crippen molar-refractivity contribution < 1.29 is 19.1 Å². The third-order valence-electron chi connectivity index (χ3n) is 2.84. The maximum Gasteiger partial charge on any atom is 0.316 e. The van der Waals surface area contributed by atoms with Crippen molar-refractivity contribution in [2.45, 2.75) is 26.7 Å². The first kappa shape index (κ1) is 15.2. The number of carbonyl (C=O) groups excluding carboxylic acids is 2. The minimum Gasteiger partial charge on any atom is -0.497 e. The summed E-state index contributed by atoms with van der Waals surface area (Å²) < 4.78 is 10.00. The summed E-state index contributed by atoms with van der Waals surface area (Å²) in [4.78, 5) is 24.1. The molecule has 1 aromatic rings. The topological polar surface area (TPSA) is 52.6 Å². The van der Waals surface area contributed by atoms with Gasteiger partial charge in [-0.1, -0.05) is 13.3 Å². The molecule has 0 aliphatic rings. The van der Waals surface area contributed by atoms with Crippen LogP contribution in [0.1, 0.15) is 37.0 Å². The maximum absolute atomic E-state index is 12.3. The van der Waals surface area contributed by atoms with Gasteiger partial charge in [0.05, 0.1) is 13.7 Å². The number of esters is 1. The molecule has 0 heterocycles. The second-order valence-electron chi connectivity index (χ2n) is 4.19. The molecule has 0 saturated carbocycles. The van der Waals surface area contributed by atoms with Crippen molar-refractivity contribution in [2.75, 3.05) is 13.7 Å². The molecule has 104 valence electrons. The molecule has 1 atom stereocenters. The van der Waals surface area contributed by atoms with Gasteiger partial charge in [0, 0.05) is 5.56 Å². The molecular weight excluding hydrogens is 244 g/mol. The van der Waals surface area contributed by atoms with E-state index in [1.165, 1.54) is 0 Å². The smallest absolute Gasteiger partial charge is 0.316 e. The number of benzene rings is 1. The molecule has 0 spiro atoms. The minimum atomic E-state index is -0.710. The third-order valence-corrected chi connectivity index (χ3v) is 2.84. The van der Waals surface area contributed by atoms with Crippen LogP contribution >= 0.6 is 0 Å². The molecule has 0 radical (unpaired) electrons. The van der Waals surface area contributed by atoms with Crippen LogP contribution in [0.25, 0.3) is 0 Å².